The summed E-state index contributed by atoms with van der Waals surface area (Å²) in [5.41, 5.74) is 11.8. The maximum absolute atomic E-state index is 6.10. The first-order chi connectivity index (χ1) is 14.2. The van der Waals surface area contributed by atoms with Crippen LogP contribution in [0.1, 0.15) is 43.7 Å². The largest absolute Gasteiger partial charge is 0.501 e. The number of methoxy groups -OCH3 is 1. The van der Waals surface area contributed by atoms with Gasteiger partial charge in [0.1, 0.15) is 5.76 Å². The molecule has 0 radical (unpaired) electrons. The molecule has 2 aliphatic rings. The Kier molecular flexibility index (Phi) is 8.91. The van der Waals surface area contributed by atoms with Gasteiger partial charge >= 0.3 is 0 Å². The first-order valence-corrected chi connectivity index (χ1v) is 12.1. The highest BCUT2D eigenvalue weighted by molar-refractivity contribution is 7.99. The predicted octanol–water partition coefficient (Wildman–Crippen LogP) is 5.04. The third kappa shape index (κ3) is 6.50. The summed E-state index contributed by atoms with van der Waals surface area (Å²) in [6.45, 7) is 5.40. The van der Waals surface area contributed by atoms with Gasteiger partial charge in [-0.1, -0.05) is 55.0 Å². The van der Waals surface area contributed by atoms with E-state index in [4.69, 9.17) is 10.5 Å². The lowest BCUT2D eigenvalue weighted by Crippen LogP contribution is -2.28. The highest BCUT2D eigenvalue weighted by Crippen LogP contribution is 2.34. The van der Waals surface area contributed by atoms with E-state index in [1.165, 1.54) is 28.0 Å². The fourth-order valence-electron chi connectivity index (χ4n) is 4.19. The number of likely N-dealkylation sites (tertiary alicyclic amines) is 1. The molecule has 0 aromatic heterocycles. The molecule has 1 unspecified atom stereocenters. The van der Waals surface area contributed by atoms with Crippen LogP contribution in [0, 0.1) is 0 Å². The van der Waals surface area contributed by atoms with Crippen molar-refractivity contribution in [2.75, 3.05) is 38.2 Å². The molecule has 0 bridgehead atoms. The quantitative estimate of drug-likeness (QED) is 0.432. The normalized spacial score (nSPS) is 20.5. The van der Waals surface area contributed by atoms with Crippen LogP contribution in [0.5, 0.6) is 0 Å². The van der Waals surface area contributed by atoms with E-state index in [0.717, 1.165) is 63.2 Å². The van der Waals surface area contributed by atoms with Gasteiger partial charge in [0, 0.05) is 43.4 Å². The zero-order valence-electron chi connectivity index (χ0n) is 18.0. The van der Waals surface area contributed by atoms with E-state index in [0.29, 0.717) is 6.04 Å². The van der Waals surface area contributed by atoms with Crippen LogP contribution in [0.3, 0.4) is 0 Å². The topological polar surface area (TPSA) is 38.5 Å². The second-order valence-electron chi connectivity index (χ2n) is 8.01. The summed E-state index contributed by atoms with van der Waals surface area (Å²) in [5, 5.41) is 0. The number of nitrogens with two attached hydrogens (primary N) is 1. The molecule has 1 aliphatic carbocycles. The van der Waals surface area contributed by atoms with Crippen LogP contribution in [0.4, 0.5) is 0 Å². The van der Waals surface area contributed by atoms with Crippen molar-refractivity contribution in [3.8, 4) is 0 Å². The van der Waals surface area contributed by atoms with E-state index in [2.05, 4.69) is 54.3 Å². The molecule has 1 heterocycles. The molecule has 4 heteroatoms. The number of ether oxygens (including phenoxy) is 1. The summed E-state index contributed by atoms with van der Waals surface area (Å²) in [7, 11) is 1.82. The molecule has 158 valence electrons. The SMILES string of the molecule is CC/C=C\C=C(CCSCC1=C(OC)CCc2ccccc21)CN1CCC(N)C1. The van der Waals surface area contributed by atoms with E-state index < -0.39 is 0 Å². The number of benzene rings is 1. The third-order valence-corrected chi connectivity index (χ3v) is 6.79. The van der Waals surface area contributed by atoms with Crippen molar-refractivity contribution >= 4 is 17.3 Å². The van der Waals surface area contributed by atoms with Crippen molar-refractivity contribution < 1.29 is 4.74 Å². The molecule has 1 atom stereocenters. The van der Waals surface area contributed by atoms with Crippen molar-refractivity contribution in [3.63, 3.8) is 0 Å². The first kappa shape index (κ1) is 22.2. The Labute approximate surface area is 181 Å². The Hall–Kier alpha value is -1.49. The fraction of sp³-hybridized carbons (Fsp3) is 0.520. The van der Waals surface area contributed by atoms with Gasteiger partial charge in [0.2, 0.25) is 0 Å². The second kappa shape index (κ2) is 11.6. The van der Waals surface area contributed by atoms with Gasteiger partial charge in [-0.05, 0) is 42.6 Å². The van der Waals surface area contributed by atoms with Crippen molar-refractivity contribution in [3.05, 3.63) is 65.0 Å². The molecule has 3 nitrogen and oxygen atoms in total. The molecule has 0 spiro atoms. The summed E-state index contributed by atoms with van der Waals surface area (Å²) < 4.78 is 5.73. The molecule has 1 fully saturated rings. The average molecular weight is 413 g/mol. The maximum Gasteiger partial charge on any atom is 0.100 e. The number of fused-ring (bicyclic) bond motifs is 1. The third-order valence-electron chi connectivity index (χ3n) is 5.80. The molecule has 1 aliphatic heterocycles. The molecule has 3 rings (SSSR count). The van der Waals surface area contributed by atoms with Crippen LogP contribution in [-0.2, 0) is 11.2 Å². The highest BCUT2D eigenvalue weighted by atomic mass is 32.2. The number of rotatable bonds is 10. The number of aryl methyl sites for hydroxylation is 1. The summed E-state index contributed by atoms with van der Waals surface area (Å²) in [5.74, 6) is 3.32. The zero-order chi connectivity index (χ0) is 20.5. The number of hydrogen-bond acceptors (Lipinski definition) is 4. The average Bonchev–Trinajstić information content (AvgIpc) is 3.15. The molecule has 2 N–H and O–H groups in total. The predicted molar refractivity (Wildman–Crippen MR) is 127 cm³/mol. The van der Waals surface area contributed by atoms with Crippen LogP contribution in [0.15, 0.2) is 53.8 Å². The van der Waals surface area contributed by atoms with Gasteiger partial charge < -0.3 is 10.5 Å². The Morgan fingerprint density at radius 3 is 2.93 bits per heavy atom. The van der Waals surface area contributed by atoms with E-state index in [-0.39, 0.29) is 0 Å². The molecular weight excluding hydrogens is 376 g/mol. The minimum atomic E-state index is 0.350. The smallest absolute Gasteiger partial charge is 0.100 e. The van der Waals surface area contributed by atoms with Crippen molar-refractivity contribution in [1.29, 1.82) is 0 Å². The van der Waals surface area contributed by atoms with Crippen LogP contribution in [-0.4, -0.2) is 49.2 Å². The molecule has 0 saturated carbocycles. The summed E-state index contributed by atoms with van der Waals surface area (Å²) in [6.07, 6.45) is 12.2. The Balaban J connectivity index is 1.56. The summed E-state index contributed by atoms with van der Waals surface area (Å²) >= 11 is 2.02. The second-order valence-corrected chi connectivity index (χ2v) is 9.12. The van der Waals surface area contributed by atoms with E-state index in [9.17, 15) is 0 Å². The lowest BCUT2D eigenvalue weighted by Gasteiger charge is -2.22. The molecule has 0 amide bonds. The van der Waals surface area contributed by atoms with Crippen molar-refractivity contribution in [2.24, 2.45) is 5.73 Å². The zero-order valence-corrected chi connectivity index (χ0v) is 18.8. The Morgan fingerprint density at radius 1 is 1.31 bits per heavy atom. The lowest BCUT2D eigenvalue weighted by atomic mass is 9.90. The maximum atomic E-state index is 6.10. The van der Waals surface area contributed by atoms with Gasteiger partial charge in [0.05, 0.1) is 7.11 Å². The van der Waals surface area contributed by atoms with Crippen LogP contribution >= 0.6 is 11.8 Å². The van der Waals surface area contributed by atoms with Crippen LogP contribution < -0.4 is 5.73 Å². The van der Waals surface area contributed by atoms with E-state index >= 15 is 0 Å². The Morgan fingerprint density at radius 2 is 2.17 bits per heavy atom. The van der Waals surface area contributed by atoms with Crippen LogP contribution in [0.2, 0.25) is 0 Å². The standard InChI is InChI=1S/C25H36N2OS/c1-3-4-5-8-20(17-27-15-13-22(26)18-27)14-16-29-19-24-23-10-7-6-9-21(23)11-12-25(24)28-2/h4-10,22H,3,11-19,26H2,1-2H3/b5-4-,20-8?. The minimum absolute atomic E-state index is 0.350. The molecule has 1 aromatic carbocycles. The molecular formula is C25H36N2OS. The van der Waals surface area contributed by atoms with Gasteiger partial charge in [0.25, 0.3) is 0 Å². The number of allylic oxidation sites excluding steroid dienone is 4. The molecule has 29 heavy (non-hydrogen) atoms. The molecule has 1 saturated heterocycles. The Bertz CT molecular complexity index is 753. The first-order valence-electron chi connectivity index (χ1n) is 11.0. The summed E-state index contributed by atoms with van der Waals surface area (Å²) in [4.78, 5) is 2.50. The molecule has 1 aromatic rings. The minimum Gasteiger partial charge on any atom is -0.501 e. The van der Waals surface area contributed by atoms with Gasteiger partial charge in [-0.2, -0.15) is 11.8 Å². The number of hydrogen-bond donors (Lipinski definition) is 1. The van der Waals surface area contributed by atoms with Crippen molar-refractivity contribution in [1.82, 2.24) is 4.90 Å². The van der Waals surface area contributed by atoms with E-state index in [1.807, 2.05) is 18.9 Å². The van der Waals surface area contributed by atoms with Crippen LogP contribution in [0.25, 0.3) is 5.57 Å². The van der Waals surface area contributed by atoms with Crippen molar-refractivity contribution in [2.45, 2.75) is 45.1 Å². The van der Waals surface area contributed by atoms with E-state index in [1.54, 1.807) is 0 Å². The van der Waals surface area contributed by atoms with Gasteiger partial charge in [0.15, 0.2) is 0 Å². The summed E-state index contributed by atoms with van der Waals surface area (Å²) in [6, 6.07) is 9.15. The van der Waals surface area contributed by atoms with Gasteiger partial charge in [-0.3, -0.25) is 4.90 Å². The number of thioether (sulfide) groups is 1. The van der Waals surface area contributed by atoms with Gasteiger partial charge in [-0.15, -0.1) is 0 Å². The monoisotopic (exact) mass is 412 g/mol. The van der Waals surface area contributed by atoms with Gasteiger partial charge in [-0.25, -0.2) is 0 Å². The lowest BCUT2D eigenvalue weighted by molar-refractivity contribution is 0.277. The number of nitrogens with zero attached hydrogens (tertiary/aromatic N) is 1. The fourth-order valence-corrected chi connectivity index (χ4v) is 5.26. The highest BCUT2D eigenvalue weighted by Gasteiger charge is 2.20.